The number of nitriles is 1. The number of rotatable bonds is 3. The lowest BCUT2D eigenvalue weighted by Crippen LogP contribution is -2.48. The van der Waals surface area contributed by atoms with E-state index in [1.807, 2.05) is 0 Å². The molecule has 1 saturated heterocycles. The fourth-order valence-electron chi connectivity index (χ4n) is 2.10. The molecule has 0 aromatic heterocycles. The quantitative estimate of drug-likeness (QED) is 0.618. The maximum Gasteiger partial charge on any atom is 0.246 e. The molecule has 0 unspecified atom stereocenters. The van der Waals surface area contributed by atoms with E-state index < -0.39 is 36.3 Å². The Balaban J connectivity index is 2.40. The zero-order valence-corrected chi connectivity index (χ0v) is 9.93. The maximum absolute atomic E-state index is 12.3. The van der Waals surface area contributed by atoms with Crippen molar-refractivity contribution in [1.29, 1.82) is 5.26 Å². The number of ether oxygens (including phenoxy) is 1. The van der Waals surface area contributed by atoms with Gasteiger partial charge in [-0.3, -0.25) is 4.79 Å². The molecular formula is C13H13NO5. The molecule has 1 fully saturated rings. The van der Waals surface area contributed by atoms with Crippen molar-refractivity contribution in [2.75, 3.05) is 6.61 Å². The second-order valence-corrected chi connectivity index (χ2v) is 4.32. The maximum atomic E-state index is 12.3. The Morgan fingerprint density at radius 3 is 2.47 bits per heavy atom. The average molecular weight is 263 g/mol. The van der Waals surface area contributed by atoms with Crippen LogP contribution in [0, 0.1) is 11.3 Å². The third kappa shape index (κ3) is 2.03. The van der Waals surface area contributed by atoms with Crippen LogP contribution in [-0.4, -0.2) is 51.6 Å². The first-order valence-corrected chi connectivity index (χ1v) is 5.72. The topological polar surface area (TPSA) is 111 Å². The van der Waals surface area contributed by atoms with Crippen LogP contribution >= 0.6 is 0 Å². The number of carbonyl (C=O) groups excluding carboxylic acids is 1. The number of nitrogens with zero attached hydrogens (tertiary/aromatic N) is 1. The summed E-state index contributed by atoms with van der Waals surface area (Å²) in [6, 6.07) is 9.51. The van der Waals surface area contributed by atoms with E-state index >= 15 is 0 Å². The molecule has 1 heterocycles. The van der Waals surface area contributed by atoms with Crippen molar-refractivity contribution in [3.63, 3.8) is 0 Å². The minimum absolute atomic E-state index is 0.189. The Labute approximate surface area is 109 Å². The van der Waals surface area contributed by atoms with Crippen LogP contribution in [0.4, 0.5) is 0 Å². The van der Waals surface area contributed by atoms with Crippen molar-refractivity contribution in [1.82, 2.24) is 0 Å². The fourth-order valence-corrected chi connectivity index (χ4v) is 2.10. The van der Waals surface area contributed by atoms with Crippen LogP contribution in [0.15, 0.2) is 30.3 Å². The molecule has 0 bridgehead atoms. The van der Waals surface area contributed by atoms with Gasteiger partial charge in [0.05, 0.1) is 6.61 Å². The molecule has 100 valence electrons. The van der Waals surface area contributed by atoms with E-state index in [0.717, 1.165) is 0 Å². The van der Waals surface area contributed by atoms with Gasteiger partial charge in [-0.1, -0.05) is 30.3 Å². The van der Waals surface area contributed by atoms with Crippen LogP contribution in [0.1, 0.15) is 10.4 Å². The predicted molar refractivity (Wildman–Crippen MR) is 63.1 cm³/mol. The molecule has 1 aromatic carbocycles. The molecule has 0 aliphatic carbocycles. The van der Waals surface area contributed by atoms with Gasteiger partial charge in [0.25, 0.3) is 0 Å². The third-order valence-electron chi connectivity index (χ3n) is 3.18. The first kappa shape index (κ1) is 13.6. The van der Waals surface area contributed by atoms with E-state index in [1.165, 1.54) is 12.1 Å². The molecular weight excluding hydrogens is 250 g/mol. The van der Waals surface area contributed by atoms with Crippen molar-refractivity contribution in [3.8, 4) is 6.07 Å². The highest BCUT2D eigenvalue weighted by molar-refractivity contribution is 6.05. The number of benzene rings is 1. The largest absolute Gasteiger partial charge is 0.394 e. The SMILES string of the molecule is N#C[C@]1(C(=O)c2ccccc2)O[C@H](CO)[C@@H](O)[C@H]1O. The van der Waals surface area contributed by atoms with Crippen molar-refractivity contribution in [3.05, 3.63) is 35.9 Å². The molecule has 6 nitrogen and oxygen atoms in total. The Morgan fingerprint density at radius 1 is 1.37 bits per heavy atom. The lowest BCUT2D eigenvalue weighted by Gasteiger charge is -2.22. The molecule has 0 radical (unpaired) electrons. The van der Waals surface area contributed by atoms with Gasteiger partial charge in [-0.25, -0.2) is 0 Å². The van der Waals surface area contributed by atoms with Crippen LogP contribution in [0.5, 0.6) is 0 Å². The van der Waals surface area contributed by atoms with E-state index in [9.17, 15) is 20.3 Å². The smallest absolute Gasteiger partial charge is 0.246 e. The summed E-state index contributed by atoms with van der Waals surface area (Å²) < 4.78 is 5.13. The highest BCUT2D eigenvalue weighted by Gasteiger charge is 2.59. The van der Waals surface area contributed by atoms with Crippen LogP contribution in [0.3, 0.4) is 0 Å². The first-order valence-electron chi connectivity index (χ1n) is 5.72. The van der Waals surface area contributed by atoms with Gasteiger partial charge < -0.3 is 20.1 Å². The minimum Gasteiger partial charge on any atom is -0.394 e. The van der Waals surface area contributed by atoms with Gasteiger partial charge >= 0.3 is 0 Å². The number of hydrogen-bond acceptors (Lipinski definition) is 6. The monoisotopic (exact) mass is 263 g/mol. The zero-order valence-electron chi connectivity index (χ0n) is 9.93. The molecule has 1 aliphatic heterocycles. The van der Waals surface area contributed by atoms with Crippen molar-refractivity contribution in [2.45, 2.75) is 23.9 Å². The summed E-state index contributed by atoms with van der Waals surface area (Å²) in [5.41, 5.74) is -2.00. The van der Waals surface area contributed by atoms with Gasteiger partial charge in [-0.15, -0.1) is 0 Å². The zero-order chi connectivity index (χ0) is 14.0. The van der Waals surface area contributed by atoms with Gasteiger partial charge in [0.15, 0.2) is 0 Å². The molecule has 0 spiro atoms. The summed E-state index contributed by atoms with van der Waals surface area (Å²) in [6.07, 6.45) is -4.36. The second-order valence-electron chi connectivity index (χ2n) is 4.32. The highest BCUT2D eigenvalue weighted by atomic mass is 16.6. The third-order valence-corrected chi connectivity index (χ3v) is 3.18. The lowest BCUT2D eigenvalue weighted by atomic mass is 9.88. The van der Waals surface area contributed by atoms with Gasteiger partial charge in [0, 0.05) is 5.56 Å². The average Bonchev–Trinajstić information content (AvgIpc) is 2.72. The normalized spacial score (nSPS) is 33.9. The van der Waals surface area contributed by atoms with Gasteiger partial charge in [0.2, 0.25) is 11.4 Å². The molecule has 4 atom stereocenters. The van der Waals surface area contributed by atoms with Gasteiger partial charge in [0.1, 0.15) is 24.4 Å². The molecule has 3 N–H and O–H groups in total. The van der Waals surface area contributed by atoms with E-state index in [2.05, 4.69) is 0 Å². The summed E-state index contributed by atoms with van der Waals surface area (Å²) in [7, 11) is 0. The molecule has 1 aliphatic rings. The van der Waals surface area contributed by atoms with Crippen molar-refractivity contribution < 1.29 is 24.9 Å². The minimum atomic E-state index is -2.19. The van der Waals surface area contributed by atoms with Crippen LogP contribution in [-0.2, 0) is 4.74 Å². The molecule has 19 heavy (non-hydrogen) atoms. The summed E-state index contributed by atoms with van der Waals surface area (Å²) in [6.45, 7) is -0.594. The molecule has 2 rings (SSSR count). The van der Waals surface area contributed by atoms with Gasteiger partial charge in [-0.2, -0.15) is 5.26 Å². The van der Waals surface area contributed by atoms with Crippen molar-refractivity contribution in [2.24, 2.45) is 0 Å². The first-order chi connectivity index (χ1) is 9.06. The van der Waals surface area contributed by atoms with E-state index in [4.69, 9.17) is 9.84 Å². The summed E-state index contributed by atoms with van der Waals surface area (Å²) in [4.78, 5) is 12.3. The fraction of sp³-hybridized carbons (Fsp3) is 0.385. The lowest BCUT2D eigenvalue weighted by molar-refractivity contribution is -0.0409. The second kappa shape index (κ2) is 5.07. The van der Waals surface area contributed by atoms with Crippen LogP contribution in [0.2, 0.25) is 0 Å². The summed E-state index contributed by atoms with van der Waals surface area (Å²) in [5, 5.41) is 37.8. The van der Waals surface area contributed by atoms with Crippen LogP contribution in [0.25, 0.3) is 0 Å². The Kier molecular flexibility index (Phi) is 3.64. The summed E-state index contributed by atoms with van der Waals surface area (Å²) >= 11 is 0. The van der Waals surface area contributed by atoms with E-state index in [-0.39, 0.29) is 5.56 Å². The molecule has 1 aromatic rings. The Morgan fingerprint density at radius 2 is 2.00 bits per heavy atom. The van der Waals surface area contributed by atoms with Gasteiger partial charge in [-0.05, 0) is 0 Å². The van der Waals surface area contributed by atoms with Crippen molar-refractivity contribution >= 4 is 5.78 Å². The molecule has 0 saturated carbocycles. The number of carbonyl (C=O) groups is 1. The van der Waals surface area contributed by atoms with Crippen LogP contribution < -0.4 is 0 Å². The summed E-state index contributed by atoms with van der Waals surface area (Å²) in [5.74, 6) is -0.738. The Hall–Kier alpha value is -1.78. The highest BCUT2D eigenvalue weighted by Crippen LogP contribution is 2.33. The Bertz CT molecular complexity index is 512. The molecule has 0 amide bonds. The molecule has 6 heteroatoms. The predicted octanol–water partition coefficient (Wildman–Crippen LogP) is -0.755. The standard InChI is InChI=1S/C13H13NO5/c14-7-13(11(17)8-4-2-1-3-5-8)12(18)10(16)9(6-15)19-13/h1-5,9-10,12,15-16,18H,6H2/t9-,10-,12-,13-/m1/s1. The van der Waals surface area contributed by atoms with E-state index in [0.29, 0.717) is 0 Å². The number of Topliss-reactive ketones (excluding diaryl/α,β-unsaturated/α-hetero) is 1. The number of aliphatic hydroxyl groups is 3. The number of aliphatic hydroxyl groups excluding tert-OH is 3. The van der Waals surface area contributed by atoms with E-state index in [1.54, 1.807) is 24.3 Å². The number of hydrogen-bond donors (Lipinski definition) is 3. The number of ketones is 1.